The summed E-state index contributed by atoms with van der Waals surface area (Å²) in [5, 5.41) is 2.74. The predicted molar refractivity (Wildman–Crippen MR) is 89.5 cm³/mol. The van der Waals surface area contributed by atoms with Gasteiger partial charge in [-0.25, -0.2) is 4.79 Å². The summed E-state index contributed by atoms with van der Waals surface area (Å²) in [6.07, 6.45) is 4.49. The maximum absolute atomic E-state index is 11.5. The fourth-order valence-electron chi connectivity index (χ4n) is 1.93. The van der Waals surface area contributed by atoms with E-state index in [1.54, 1.807) is 0 Å². The molecule has 0 heterocycles. The van der Waals surface area contributed by atoms with Gasteiger partial charge in [-0.1, -0.05) is 72.3 Å². The Morgan fingerprint density at radius 3 is 2.55 bits per heavy atom. The van der Waals surface area contributed by atoms with Gasteiger partial charge in [0.15, 0.2) is 0 Å². The lowest BCUT2D eigenvalue weighted by Crippen LogP contribution is -2.24. The van der Waals surface area contributed by atoms with Gasteiger partial charge in [0.1, 0.15) is 6.61 Å². The molecule has 0 bridgehead atoms. The third kappa shape index (κ3) is 5.83. The number of alkyl carbamates (subject to hydrolysis) is 1. The van der Waals surface area contributed by atoms with Gasteiger partial charge in [0.2, 0.25) is 0 Å². The number of nitrogens with one attached hydrogen (secondary N) is 1. The first-order valence-electron chi connectivity index (χ1n) is 7.42. The fourth-order valence-corrected chi connectivity index (χ4v) is 1.93. The summed E-state index contributed by atoms with van der Waals surface area (Å²) in [4.78, 5) is 11.5. The van der Waals surface area contributed by atoms with Gasteiger partial charge in [0, 0.05) is 6.54 Å². The molecule has 1 N–H and O–H groups in total. The van der Waals surface area contributed by atoms with Crippen molar-refractivity contribution in [1.29, 1.82) is 0 Å². The zero-order chi connectivity index (χ0) is 15.6. The molecule has 3 heteroatoms. The van der Waals surface area contributed by atoms with Crippen molar-refractivity contribution in [3.05, 3.63) is 77.4 Å². The molecule has 1 amide bonds. The largest absolute Gasteiger partial charge is 0.445 e. The molecule has 2 aromatic carbocycles. The predicted octanol–water partition coefficient (Wildman–Crippen LogP) is 4.32. The van der Waals surface area contributed by atoms with Gasteiger partial charge in [0.05, 0.1) is 0 Å². The van der Waals surface area contributed by atoms with E-state index < -0.39 is 0 Å². The highest BCUT2D eigenvalue weighted by Gasteiger charge is 2.00. The average molecular weight is 295 g/mol. The Labute approximate surface area is 131 Å². The second kappa shape index (κ2) is 8.67. The molecule has 0 fully saturated rings. The molecule has 0 radical (unpaired) electrons. The van der Waals surface area contributed by atoms with Crippen molar-refractivity contribution >= 4 is 12.2 Å². The Bertz CT molecular complexity index is 603. The van der Waals surface area contributed by atoms with Crippen molar-refractivity contribution < 1.29 is 9.53 Å². The molecule has 0 saturated carbocycles. The molecule has 3 nitrogen and oxygen atoms in total. The van der Waals surface area contributed by atoms with Crippen LogP contribution in [0.3, 0.4) is 0 Å². The van der Waals surface area contributed by atoms with Crippen LogP contribution in [0.25, 0.3) is 6.08 Å². The Kier molecular flexibility index (Phi) is 6.24. The summed E-state index contributed by atoms with van der Waals surface area (Å²) in [5.41, 5.74) is 3.40. The van der Waals surface area contributed by atoms with E-state index in [9.17, 15) is 4.79 Å². The Hall–Kier alpha value is -2.55. The zero-order valence-corrected chi connectivity index (χ0v) is 12.8. The van der Waals surface area contributed by atoms with E-state index >= 15 is 0 Å². The molecule has 0 aliphatic rings. The third-order valence-corrected chi connectivity index (χ3v) is 3.18. The summed E-state index contributed by atoms with van der Waals surface area (Å²) in [6, 6.07) is 18.0. The summed E-state index contributed by atoms with van der Waals surface area (Å²) in [5.74, 6) is 0. The molecule has 0 unspecified atom stereocenters. The SMILES string of the molecule is Cc1ccc(C=CCCNC(=O)OCc2ccccc2)cc1. The smallest absolute Gasteiger partial charge is 0.407 e. The van der Waals surface area contributed by atoms with E-state index in [4.69, 9.17) is 4.74 Å². The quantitative estimate of drug-likeness (QED) is 0.806. The van der Waals surface area contributed by atoms with Crippen molar-refractivity contribution in [1.82, 2.24) is 5.32 Å². The number of amides is 1. The molecule has 0 aliphatic heterocycles. The molecule has 0 aliphatic carbocycles. The van der Waals surface area contributed by atoms with Crippen LogP contribution in [-0.2, 0) is 11.3 Å². The summed E-state index contributed by atoms with van der Waals surface area (Å²) >= 11 is 0. The van der Waals surface area contributed by atoms with Crippen molar-refractivity contribution in [2.45, 2.75) is 20.0 Å². The van der Waals surface area contributed by atoms with Crippen LogP contribution in [0.2, 0.25) is 0 Å². The van der Waals surface area contributed by atoms with Gasteiger partial charge in [0.25, 0.3) is 0 Å². The maximum atomic E-state index is 11.5. The number of benzene rings is 2. The van der Waals surface area contributed by atoms with Crippen LogP contribution in [-0.4, -0.2) is 12.6 Å². The van der Waals surface area contributed by atoms with Crippen LogP contribution >= 0.6 is 0 Å². The molecular weight excluding hydrogens is 274 g/mol. The summed E-state index contributed by atoms with van der Waals surface area (Å²) in [7, 11) is 0. The summed E-state index contributed by atoms with van der Waals surface area (Å²) in [6.45, 7) is 2.93. The van der Waals surface area contributed by atoms with E-state index in [-0.39, 0.29) is 6.09 Å². The normalized spacial score (nSPS) is 10.6. The van der Waals surface area contributed by atoms with E-state index in [1.807, 2.05) is 36.4 Å². The van der Waals surface area contributed by atoms with Crippen LogP contribution in [0, 0.1) is 6.92 Å². The van der Waals surface area contributed by atoms with Crippen molar-refractivity contribution in [2.75, 3.05) is 6.54 Å². The first-order valence-corrected chi connectivity index (χ1v) is 7.42. The fraction of sp³-hybridized carbons (Fsp3) is 0.211. The van der Waals surface area contributed by atoms with Crippen molar-refractivity contribution in [3.8, 4) is 0 Å². The highest BCUT2D eigenvalue weighted by Crippen LogP contribution is 2.05. The van der Waals surface area contributed by atoms with Crippen LogP contribution in [0.1, 0.15) is 23.1 Å². The van der Waals surface area contributed by atoms with Gasteiger partial charge >= 0.3 is 6.09 Å². The van der Waals surface area contributed by atoms with E-state index in [0.29, 0.717) is 13.2 Å². The minimum atomic E-state index is -0.382. The van der Waals surface area contributed by atoms with E-state index in [2.05, 4.69) is 42.6 Å². The Balaban J connectivity index is 1.61. The number of aryl methyl sites for hydroxylation is 1. The molecule has 0 spiro atoms. The highest BCUT2D eigenvalue weighted by atomic mass is 16.5. The number of rotatable bonds is 6. The zero-order valence-electron chi connectivity index (χ0n) is 12.8. The molecule has 22 heavy (non-hydrogen) atoms. The van der Waals surface area contributed by atoms with Crippen LogP contribution in [0.4, 0.5) is 4.79 Å². The first-order chi connectivity index (χ1) is 10.7. The minimum Gasteiger partial charge on any atom is -0.445 e. The molecule has 0 atom stereocenters. The molecule has 114 valence electrons. The van der Waals surface area contributed by atoms with E-state index in [0.717, 1.165) is 17.5 Å². The average Bonchev–Trinajstić information content (AvgIpc) is 2.55. The molecular formula is C19H21NO2. The number of hydrogen-bond acceptors (Lipinski definition) is 2. The van der Waals surface area contributed by atoms with Crippen molar-refractivity contribution in [2.24, 2.45) is 0 Å². The number of carbonyl (C=O) groups is 1. The van der Waals surface area contributed by atoms with Gasteiger partial charge in [-0.05, 0) is 24.5 Å². The monoisotopic (exact) mass is 295 g/mol. The molecule has 2 rings (SSSR count). The summed E-state index contributed by atoms with van der Waals surface area (Å²) < 4.78 is 5.13. The lowest BCUT2D eigenvalue weighted by molar-refractivity contribution is 0.140. The van der Waals surface area contributed by atoms with Crippen LogP contribution < -0.4 is 5.32 Å². The lowest BCUT2D eigenvalue weighted by atomic mass is 10.1. The van der Waals surface area contributed by atoms with Gasteiger partial charge < -0.3 is 10.1 Å². The maximum Gasteiger partial charge on any atom is 0.407 e. The van der Waals surface area contributed by atoms with Gasteiger partial charge in [-0.2, -0.15) is 0 Å². The van der Waals surface area contributed by atoms with E-state index in [1.165, 1.54) is 5.56 Å². The number of carbonyl (C=O) groups excluding carboxylic acids is 1. The second-order valence-corrected chi connectivity index (χ2v) is 5.09. The van der Waals surface area contributed by atoms with Crippen LogP contribution in [0.15, 0.2) is 60.7 Å². The Morgan fingerprint density at radius 2 is 1.82 bits per heavy atom. The second-order valence-electron chi connectivity index (χ2n) is 5.09. The lowest BCUT2D eigenvalue weighted by Gasteiger charge is -2.05. The number of hydrogen-bond donors (Lipinski definition) is 1. The third-order valence-electron chi connectivity index (χ3n) is 3.18. The topological polar surface area (TPSA) is 38.3 Å². The molecule has 0 saturated heterocycles. The van der Waals surface area contributed by atoms with Crippen LogP contribution in [0.5, 0.6) is 0 Å². The molecule has 2 aromatic rings. The van der Waals surface area contributed by atoms with Gasteiger partial charge in [-0.15, -0.1) is 0 Å². The Morgan fingerprint density at radius 1 is 1.09 bits per heavy atom. The number of ether oxygens (including phenoxy) is 1. The standard InChI is InChI=1S/C19H21NO2/c1-16-10-12-17(13-11-16)7-5-6-14-20-19(21)22-15-18-8-3-2-4-9-18/h2-5,7-13H,6,14-15H2,1H3,(H,20,21). The highest BCUT2D eigenvalue weighted by molar-refractivity contribution is 5.67. The first kappa shape index (κ1) is 15.8. The van der Waals surface area contributed by atoms with Gasteiger partial charge in [-0.3, -0.25) is 0 Å². The minimum absolute atomic E-state index is 0.297. The van der Waals surface area contributed by atoms with Crippen molar-refractivity contribution in [3.63, 3.8) is 0 Å². The molecule has 0 aromatic heterocycles.